The highest BCUT2D eigenvalue weighted by Crippen LogP contribution is 2.55. The van der Waals surface area contributed by atoms with E-state index in [4.69, 9.17) is 27.9 Å². The van der Waals surface area contributed by atoms with E-state index in [0.29, 0.717) is 0 Å². The maximum absolute atomic E-state index is 6.89. The number of hydrogen-bond acceptors (Lipinski definition) is 1. The van der Waals surface area contributed by atoms with E-state index in [1.165, 1.54) is 31.2 Å². The Hall–Kier alpha value is -0.400. The van der Waals surface area contributed by atoms with Crippen molar-refractivity contribution in [2.75, 3.05) is 6.61 Å². The molecule has 3 rings (SSSR count). The largest absolute Gasteiger partial charge is 0.493 e. The lowest BCUT2D eigenvalue weighted by molar-refractivity contribution is 0.264. The number of alkyl halides is 1. The van der Waals surface area contributed by atoms with E-state index >= 15 is 0 Å². The SMILES string of the molecule is CCC1(C(Cl)c2cc(Cl)cc3c2OCC3)CCCC1. The Morgan fingerprint density at radius 2 is 2.05 bits per heavy atom. The third kappa shape index (κ3) is 2.25. The summed E-state index contributed by atoms with van der Waals surface area (Å²) < 4.78 is 5.81. The van der Waals surface area contributed by atoms with Crippen LogP contribution in [-0.2, 0) is 6.42 Å². The fraction of sp³-hybridized carbons (Fsp3) is 0.625. The summed E-state index contributed by atoms with van der Waals surface area (Å²) in [4.78, 5) is 0. The summed E-state index contributed by atoms with van der Waals surface area (Å²) in [6.45, 7) is 3.01. The van der Waals surface area contributed by atoms with Gasteiger partial charge < -0.3 is 4.74 Å². The number of fused-ring (bicyclic) bond motifs is 1. The molecule has 0 aromatic heterocycles. The van der Waals surface area contributed by atoms with Crippen molar-refractivity contribution >= 4 is 23.2 Å². The molecule has 0 bridgehead atoms. The van der Waals surface area contributed by atoms with Crippen LogP contribution in [0.3, 0.4) is 0 Å². The number of ether oxygens (including phenoxy) is 1. The van der Waals surface area contributed by atoms with Crippen molar-refractivity contribution in [1.82, 2.24) is 0 Å². The van der Waals surface area contributed by atoms with Gasteiger partial charge in [0.15, 0.2) is 0 Å². The van der Waals surface area contributed by atoms with Gasteiger partial charge in [-0.1, -0.05) is 31.4 Å². The summed E-state index contributed by atoms with van der Waals surface area (Å²) in [5.41, 5.74) is 2.56. The molecule has 0 saturated heterocycles. The van der Waals surface area contributed by atoms with Gasteiger partial charge in [0.25, 0.3) is 0 Å². The van der Waals surface area contributed by atoms with Gasteiger partial charge in [0.05, 0.1) is 12.0 Å². The fourth-order valence-corrected chi connectivity index (χ4v) is 4.47. The lowest BCUT2D eigenvalue weighted by Crippen LogP contribution is -2.22. The molecule has 1 nitrogen and oxygen atoms in total. The van der Waals surface area contributed by atoms with Crippen LogP contribution in [0.25, 0.3) is 0 Å². The average molecular weight is 299 g/mol. The Balaban J connectivity index is 2.02. The summed E-state index contributed by atoms with van der Waals surface area (Å²) in [6.07, 6.45) is 7.10. The third-order valence-corrected chi connectivity index (χ3v) is 5.81. The van der Waals surface area contributed by atoms with Crippen LogP contribution in [0.4, 0.5) is 0 Å². The Kier molecular flexibility index (Phi) is 3.70. The summed E-state index contributed by atoms with van der Waals surface area (Å²) in [6, 6.07) is 4.03. The molecular formula is C16H20Cl2O. The van der Waals surface area contributed by atoms with E-state index in [9.17, 15) is 0 Å². The first-order valence-electron chi connectivity index (χ1n) is 7.25. The van der Waals surface area contributed by atoms with Crippen LogP contribution in [0.15, 0.2) is 12.1 Å². The quantitative estimate of drug-likeness (QED) is 0.667. The van der Waals surface area contributed by atoms with Gasteiger partial charge in [-0.3, -0.25) is 0 Å². The number of benzene rings is 1. The van der Waals surface area contributed by atoms with Crippen molar-refractivity contribution in [1.29, 1.82) is 0 Å². The van der Waals surface area contributed by atoms with Crippen LogP contribution in [0.5, 0.6) is 5.75 Å². The van der Waals surface area contributed by atoms with Crippen LogP contribution in [0.2, 0.25) is 5.02 Å². The van der Waals surface area contributed by atoms with Crippen molar-refractivity contribution in [3.05, 3.63) is 28.3 Å². The molecule has 1 saturated carbocycles. The Morgan fingerprint density at radius 3 is 2.74 bits per heavy atom. The molecule has 0 spiro atoms. The van der Waals surface area contributed by atoms with E-state index in [1.54, 1.807) is 0 Å². The van der Waals surface area contributed by atoms with Crippen molar-refractivity contribution in [2.24, 2.45) is 5.41 Å². The number of rotatable bonds is 3. The molecule has 2 aliphatic rings. The first kappa shape index (κ1) is 13.6. The molecule has 1 aromatic rings. The van der Waals surface area contributed by atoms with Gasteiger partial charge in [-0.15, -0.1) is 11.6 Å². The minimum Gasteiger partial charge on any atom is -0.493 e. The molecule has 3 heteroatoms. The van der Waals surface area contributed by atoms with E-state index in [1.807, 2.05) is 12.1 Å². The lowest BCUT2D eigenvalue weighted by Gasteiger charge is -2.34. The summed E-state index contributed by atoms with van der Waals surface area (Å²) in [7, 11) is 0. The van der Waals surface area contributed by atoms with Gasteiger partial charge in [0, 0.05) is 17.0 Å². The lowest BCUT2D eigenvalue weighted by atomic mass is 9.77. The van der Waals surface area contributed by atoms with Gasteiger partial charge >= 0.3 is 0 Å². The smallest absolute Gasteiger partial charge is 0.127 e. The van der Waals surface area contributed by atoms with Crippen LogP contribution in [0, 0.1) is 5.41 Å². The number of hydrogen-bond donors (Lipinski definition) is 0. The maximum atomic E-state index is 6.89. The fourth-order valence-electron chi connectivity index (χ4n) is 3.68. The Bertz CT molecular complexity index is 478. The molecule has 1 aliphatic carbocycles. The first-order valence-corrected chi connectivity index (χ1v) is 8.07. The molecular weight excluding hydrogens is 279 g/mol. The van der Waals surface area contributed by atoms with Crippen LogP contribution < -0.4 is 4.74 Å². The van der Waals surface area contributed by atoms with Gasteiger partial charge in [0.2, 0.25) is 0 Å². The zero-order valence-corrected chi connectivity index (χ0v) is 12.9. The van der Waals surface area contributed by atoms with Crippen molar-refractivity contribution in [3.8, 4) is 5.75 Å². The monoisotopic (exact) mass is 298 g/mol. The average Bonchev–Trinajstić information content (AvgIpc) is 3.05. The Morgan fingerprint density at radius 1 is 1.32 bits per heavy atom. The van der Waals surface area contributed by atoms with E-state index in [-0.39, 0.29) is 10.8 Å². The van der Waals surface area contributed by atoms with Gasteiger partial charge in [-0.2, -0.15) is 0 Å². The zero-order valence-electron chi connectivity index (χ0n) is 11.3. The topological polar surface area (TPSA) is 9.23 Å². The van der Waals surface area contributed by atoms with Crippen LogP contribution in [-0.4, -0.2) is 6.61 Å². The molecule has 1 aromatic carbocycles. The summed E-state index contributed by atoms with van der Waals surface area (Å²) in [5, 5.41) is 0.805. The highest BCUT2D eigenvalue weighted by molar-refractivity contribution is 6.31. The molecule has 0 amide bonds. The molecule has 19 heavy (non-hydrogen) atoms. The van der Waals surface area contributed by atoms with E-state index in [2.05, 4.69) is 6.92 Å². The molecule has 0 radical (unpaired) electrons. The number of halogens is 2. The zero-order chi connectivity index (χ0) is 13.5. The Labute approximate surface area is 125 Å². The molecule has 1 fully saturated rings. The molecule has 1 atom stereocenters. The van der Waals surface area contributed by atoms with Gasteiger partial charge in [-0.25, -0.2) is 0 Å². The predicted molar refractivity (Wildman–Crippen MR) is 80.4 cm³/mol. The second-order valence-corrected chi connectivity index (χ2v) is 6.74. The van der Waals surface area contributed by atoms with Gasteiger partial charge in [-0.05, 0) is 42.4 Å². The molecule has 0 N–H and O–H groups in total. The third-order valence-electron chi connectivity index (χ3n) is 4.89. The normalized spacial score (nSPS) is 22.1. The van der Waals surface area contributed by atoms with Crippen molar-refractivity contribution < 1.29 is 4.74 Å². The minimum absolute atomic E-state index is 0.0190. The van der Waals surface area contributed by atoms with Crippen molar-refractivity contribution in [2.45, 2.75) is 50.8 Å². The highest BCUT2D eigenvalue weighted by Gasteiger charge is 2.41. The minimum atomic E-state index is 0.0190. The molecule has 1 aliphatic heterocycles. The van der Waals surface area contributed by atoms with Gasteiger partial charge in [0.1, 0.15) is 5.75 Å². The molecule has 104 valence electrons. The first-order chi connectivity index (χ1) is 9.16. The van der Waals surface area contributed by atoms with Crippen LogP contribution >= 0.6 is 23.2 Å². The maximum Gasteiger partial charge on any atom is 0.127 e. The second-order valence-electron chi connectivity index (χ2n) is 5.87. The van der Waals surface area contributed by atoms with E-state index < -0.39 is 0 Å². The standard InChI is InChI=1S/C16H20Cl2O/c1-2-16(6-3-4-7-16)15(18)13-10-12(17)9-11-5-8-19-14(11)13/h9-10,15H,2-8H2,1H3. The van der Waals surface area contributed by atoms with Crippen LogP contribution in [0.1, 0.15) is 55.5 Å². The van der Waals surface area contributed by atoms with E-state index in [0.717, 1.165) is 35.8 Å². The highest BCUT2D eigenvalue weighted by atomic mass is 35.5. The molecule has 1 unspecified atom stereocenters. The van der Waals surface area contributed by atoms with Crippen molar-refractivity contribution in [3.63, 3.8) is 0 Å². The summed E-state index contributed by atoms with van der Waals surface area (Å²) in [5.74, 6) is 1.00. The molecule has 1 heterocycles. The predicted octanol–water partition coefficient (Wildman–Crippen LogP) is 5.53. The second kappa shape index (κ2) is 5.18. The summed E-state index contributed by atoms with van der Waals surface area (Å²) >= 11 is 13.1.